The van der Waals surface area contributed by atoms with Crippen LogP contribution in [0.1, 0.15) is 12.5 Å². The summed E-state index contributed by atoms with van der Waals surface area (Å²) < 4.78 is 33.6. The fourth-order valence-corrected chi connectivity index (χ4v) is 4.73. The Morgan fingerprint density at radius 2 is 1.94 bits per heavy atom. The number of hydrogen-bond acceptors (Lipinski definition) is 6. The van der Waals surface area contributed by atoms with E-state index in [0.717, 1.165) is 16.2 Å². The Labute approximate surface area is 178 Å². The molecule has 2 aliphatic rings. The second-order valence-electron chi connectivity index (χ2n) is 7.16. The van der Waals surface area contributed by atoms with Gasteiger partial charge in [-0.25, -0.2) is 8.42 Å². The molecule has 2 amide bonds. The van der Waals surface area contributed by atoms with E-state index < -0.39 is 28.4 Å². The van der Waals surface area contributed by atoms with E-state index in [4.69, 9.17) is 9.84 Å². The molecular weight excluding hydrogens is 426 g/mol. The van der Waals surface area contributed by atoms with Crippen molar-refractivity contribution in [2.75, 3.05) is 34.2 Å². The number of nitrogens with one attached hydrogen (secondary N) is 1. The van der Waals surface area contributed by atoms with Gasteiger partial charge in [-0.05, 0) is 48.4 Å². The number of rotatable bonds is 5. The number of anilines is 3. The van der Waals surface area contributed by atoms with Gasteiger partial charge in [0.1, 0.15) is 12.3 Å². The normalized spacial score (nSPS) is 15.2. The molecule has 0 spiro atoms. The Morgan fingerprint density at radius 3 is 2.65 bits per heavy atom. The van der Waals surface area contributed by atoms with Gasteiger partial charge in [-0.2, -0.15) is 0 Å². The number of hydrogen-bond donors (Lipinski definition) is 2. The lowest BCUT2D eigenvalue weighted by Gasteiger charge is -2.28. The zero-order chi connectivity index (χ0) is 22.3. The van der Waals surface area contributed by atoms with Gasteiger partial charge in [0, 0.05) is 24.8 Å². The maximum atomic E-state index is 12.9. The number of ether oxygens (including phenoxy) is 1. The minimum absolute atomic E-state index is 0.0765. The number of amides is 2. The lowest BCUT2D eigenvalue weighted by atomic mass is 10.1. The minimum Gasteiger partial charge on any atom is -0.482 e. The fraction of sp³-hybridized carbons (Fsp3) is 0.250. The summed E-state index contributed by atoms with van der Waals surface area (Å²) >= 11 is 0. The molecule has 11 heteroatoms. The summed E-state index contributed by atoms with van der Waals surface area (Å²) in [6, 6.07) is 8.86. The SMILES string of the molecule is CC(=O)N1CCc2cc(NS(=O)(=O)c3ccc4c(c3)N(CC(=O)O)C(=O)CO4)ccc21. The van der Waals surface area contributed by atoms with Gasteiger partial charge in [-0.15, -0.1) is 0 Å². The van der Waals surface area contributed by atoms with E-state index in [1.54, 1.807) is 23.1 Å². The molecule has 2 heterocycles. The van der Waals surface area contributed by atoms with Gasteiger partial charge >= 0.3 is 5.97 Å². The van der Waals surface area contributed by atoms with E-state index in [2.05, 4.69) is 4.72 Å². The molecule has 2 aromatic carbocycles. The Bertz CT molecular complexity index is 1210. The summed E-state index contributed by atoms with van der Waals surface area (Å²) in [4.78, 5) is 37.3. The van der Waals surface area contributed by atoms with E-state index in [1.807, 2.05) is 0 Å². The van der Waals surface area contributed by atoms with Gasteiger partial charge in [0.05, 0.1) is 10.6 Å². The first-order valence-corrected chi connectivity index (χ1v) is 10.9. The summed E-state index contributed by atoms with van der Waals surface area (Å²) in [6.07, 6.45) is 0.618. The van der Waals surface area contributed by atoms with Crippen molar-refractivity contribution in [3.63, 3.8) is 0 Å². The number of carboxylic acids is 1. The predicted molar refractivity (Wildman–Crippen MR) is 111 cm³/mol. The molecule has 31 heavy (non-hydrogen) atoms. The molecule has 2 aliphatic heterocycles. The third kappa shape index (κ3) is 3.91. The van der Waals surface area contributed by atoms with E-state index >= 15 is 0 Å². The van der Waals surface area contributed by atoms with Crippen LogP contribution in [0, 0.1) is 0 Å². The van der Waals surface area contributed by atoms with Crippen LogP contribution >= 0.6 is 0 Å². The first-order chi connectivity index (χ1) is 14.7. The zero-order valence-electron chi connectivity index (χ0n) is 16.5. The maximum Gasteiger partial charge on any atom is 0.323 e. The van der Waals surface area contributed by atoms with E-state index in [9.17, 15) is 22.8 Å². The van der Waals surface area contributed by atoms with E-state index in [1.165, 1.54) is 25.1 Å². The summed E-state index contributed by atoms with van der Waals surface area (Å²) in [6.45, 7) is 1.09. The lowest BCUT2D eigenvalue weighted by Crippen LogP contribution is -2.42. The molecule has 0 saturated carbocycles. The Kier molecular flexibility index (Phi) is 5.05. The van der Waals surface area contributed by atoms with Crippen molar-refractivity contribution in [1.82, 2.24) is 0 Å². The zero-order valence-corrected chi connectivity index (χ0v) is 17.3. The number of carboxylic acid groups (broad SMARTS) is 1. The van der Waals surface area contributed by atoms with E-state index in [0.29, 0.717) is 18.7 Å². The fourth-order valence-electron chi connectivity index (χ4n) is 3.66. The van der Waals surface area contributed by atoms with Crippen molar-refractivity contribution < 1.29 is 32.6 Å². The third-order valence-electron chi connectivity index (χ3n) is 5.08. The van der Waals surface area contributed by atoms with Gasteiger partial charge in [0.25, 0.3) is 15.9 Å². The van der Waals surface area contributed by atoms with Crippen LogP contribution in [0.5, 0.6) is 5.75 Å². The average Bonchev–Trinajstić information content (AvgIpc) is 3.13. The van der Waals surface area contributed by atoms with Crippen LogP contribution in [-0.4, -0.2) is 51.0 Å². The van der Waals surface area contributed by atoms with Crippen molar-refractivity contribution in [1.29, 1.82) is 0 Å². The Hall–Kier alpha value is -3.60. The van der Waals surface area contributed by atoms with Crippen LogP contribution < -0.4 is 19.3 Å². The molecular formula is C20H19N3O7S. The molecule has 2 aromatic rings. The van der Waals surface area contributed by atoms with Gasteiger partial charge < -0.3 is 14.7 Å². The number of benzene rings is 2. The van der Waals surface area contributed by atoms with Gasteiger partial charge in [-0.3, -0.25) is 24.0 Å². The van der Waals surface area contributed by atoms with Crippen molar-refractivity contribution >= 4 is 44.9 Å². The molecule has 0 radical (unpaired) electrons. The second-order valence-corrected chi connectivity index (χ2v) is 8.84. The lowest BCUT2D eigenvalue weighted by molar-refractivity contribution is -0.137. The molecule has 0 saturated heterocycles. The van der Waals surface area contributed by atoms with Crippen molar-refractivity contribution in [2.45, 2.75) is 18.2 Å². The Balaban J connectivity index is 1.63. The molecule has 0 aliphatic carbocycles. The molecule has 162 valence electrons. The molecule has 0 fully saturated rings. The number of fused-ring (bicyclic) bond motifs is 2. The highest BCUT2D eigenvalue weighted by atomic mass is 32.2. The molecule has 10 nitrogen and oxygen atoms in total. The van der Waals surface area contributed by atoms with Crippen molar-refractivity contribution in [3.05, 3.63) is 42.0 Å². The largest absolute Gasteiger partial charge is 0.482 e. The van der Waals surface area contributed by atoms with E-state index in [-0.39, 0.29) is 28.8 Å². The van der Waals surface area contributed by atoms with Gasteiger partial charge in [-0.1, -0.05) is 0 Å². The molecule has 0 atom stereocenters. The number of sulfonamides is 1. The van der Waals surface area contributed by atoms with Gasteiger partial charge in [0.15, 0.2) is 6.61 Å². The number of carbonyl (C=O) groups excluding carboxylic acids is 2. The second kappa shape index (κ2) is 7.58. The topological polar surface area (TPSA) is 133 Å². The van der Waals surface area contributed by atoms with Crippen molar-refractivity contribution in [2.24, 2.45) is 0 Å². The summed E-state index contributed by atoms with van der Waals surface area (Å²) in [5.41, 5.74) is 2.01. The van der Waals surface area contributed by atoms with Crippen LogP contribution in [-0.2, 0) is 30.8 Å². The smallest absolute Gasteiger partial charge is 0.323 e. The molecule has 4 rings (SSSR count). The van der Waals surface area contributed by atoms with Gasteiger partial charge in [0.2, 0.25) is 5.91 Å². The maximum absolute atomic E-state index is 12.9. The molecule has 2 N–H and O–H groups in total. The Morgan fingerprint density at radius 1 is 1.16 bits per heavy atom. The molecule has 0 bridgehead atoms. The van der Waals surface area contributed by atoms with Crippen LogP contribution in [0.4, 0.5) is 17.1 Å². The summed E-state index contributed by atoms with van der Waals surface area (Å²) in [7, 11) is -4.03. The highest BCUT2D eigenvalue weighted by Gasteiger charge is 2.29. The van der Waals surface area contributed by atoms with Crippen LogP contribution in [0.3, 0.4) is 0 Å². The molecule has 0 unspecified atom stereocenters. The number of nitrogens with zero attached hydrogens (tertiary/aromatic N) is 2. The number of aliphatic carboxylic acids is 1. The summed E-state index contributed by atoms with van der Waals surface area (Å²) in [5.74, 6) is -1.66. The van der Waals surface area contributed by atoms with Crippen LogP contribution in [0.2, 0.25) is 0 Å². The van der Waals surface area contributed by atoms with Crippen molar-refractivity contribution in [3.8, 4) is 5.75 Å². The first-order valence-electron chi connectivity index (χ1n) is 9.38. The quantitative estimate of drug-likeness (QED) is 0.707. The monoisotopic (exact) mass is 445 g/mol. The minimum atomic E-state index is -4.03. The molecule has 0 aromatic heterocycles. The average molecular weight is 445 g/mol. The van der Waals surface area contributed by atoms with Crippen LogP contribution in [0.15, 0.2) is 41.3 Å². The first kappa shape index (κ1) is 20.7. The standard InChI is InChI=1S/C20H19N3O7S/c1-12(24)22-7-6-13-8-14(2-4-16(13)22)21-31(28,29)15-3-5-18-17(9-15)23(10-20(26)27)19(25)11-30-18/h2-5,8-9,21H,6-7,10-11H2,1H3,(H,26,27). The third-order valence-corrected chi connectivity index (χ3v) is 6.46. The summed E-state index contributed by atoms with van der Waals surface area (Å²) in [5, 5.41) is 9.07. The predicted octanol–water partition coefficient (Wildman–Crippen LogP) is 1.21. The highest BCUT2D eigenvalue weighted by molar-refractivity contribution is 7.92. The van der Waals surface area contributed by atoms with Crippen LogP contribution in [0.25, 0.3) is 0 Å². The highest BCUT2D eigenvalue weighted by Crippen LogP contribution is 2.35. The number of carbonyl (C=O) groups is 3.